The van der Waals surface area contributed by atoms with Gasteiger partial charge in [-0.3, -0.25) is 0 Å². The molecule has 1 heterocycles. The lowest BCUT2D eigenvalue weighted by Crippen LogP contribution is -2.05. The molecule has 0 saturated carbocycles. The van der Waals surface area contributed by atoms with Crippen LogP contribution in [0, 0.1) is 12.3 Å². The molecule has 3 nitrogen and oxygen atoms in total. The molecule has 70 valence electrons. The Morgan fingerprint density at radius 3 is 2.86 bits per heavy atom. The van der Waals surface area contributed by atoms with Crippen LogP contribution in [0.3, 0.4) is 0 Å². The summed E-state index contributed by atoms with van der Waals surface area (Å²) < 4.78 is 5.22. The second-order valence-corrected chi connectivity index (χ2v) is 2.95. The molecule has 0 amide bonds. The summed E-state index contributed by atoms with van der Waals surface area (Å²) in [4.78, 5) is 0. The van der Waals surface area contributed by atoms with Crippen molar-refractivity contribution in [3.63, 3.8) is 0 Å². The zero-order valence-corrected chi connectivity index (χ0v) is 7.32. The predicted octanol–water partition coefficient (Wildman–Crippen LogP) is 1.51. The molecule has 0 atom stereocenters. The highest BCUT2D eigenvalue weighted by Gasteiger charge is 2.16. The number of benzene rings is 1. The summed E-state index contributed by atoms with van der Waals surface area (Å²) in [6, 6.07) is 3.04. The normalized spacial score (nSPS) is 13.5. The van der Waals surface area contributed by atoms with E-state index >= 15 is 0 Å². The fourth-order valence-electron chi connectivity index (χ4n) is 1.30. The van der Waals surface area contributed by atoms with E-state index in [2.05, 4.69) is 5.92 Å². The quantitative estimate of drug-likeness (QED) is 0.479. The fraction of sp³-hybridized carbons (Fsp3) is 0.0909. The Hall–Kier alpha value is -2.08. The van der Waals surface area contributed by atoms with E-state index in [4.69, 9.17) is 11.2 Å². The third kappa shape index (κ3) is 1.17. The molecule has 0 radical (unpaired) electrons. The first-order valence-corrected chi connectivity index (χ1v) is 4.07. The number of phenols is 2. The summed E-state index contributed by atoms with van der Waals surface area (Å²) >= 11 is 0. The van der Waals surface area contributed by atoms with Crippen LogP contribution in [0.4, 0.5) is 0 Å². The molecule has 0 aromatic heterocycles. The number of terminal acetylenes is 1. The first kappa shape index (κ1) is 8.52. The van der Waals surface area contributed by atoms with E-state index in [1.165, 1.54) is 6.07 Å². The van der Waals surface area contributed by atoms with Crippen LogP contribution in [0.5, 0.6) is 17.2 Å². The van der Waals surface area contributed by atoms with Crippen LogP contribution in [0.2, 0.25) is 0 Å². The zero-order chi connectivity index (χ0) is 10.1. The smallest absolute Gasteiger partial charge is 0.201 e. The van der Waals surface area contributed by atoms with Gasteiger partial charge in [0, 0.05) is 11.1 Å². The molecule has 3 heteroatoms. The van der Waals surface area contributed by atoms with Crippen LogP contribution in [0.15, 0.2) is 17.7 Å². The molecular formula is C11H8O3. The molecule has 0 saturated heterocycles. The van der Waals surface area contributed by atoms with Crippen LogP contribution in [0.1, 0.15) is 5.56 Å². The highest BCUT2D eigenvalue weighted by Crippen LogP contribution is 2.40. The van der Waals surface area contributed by atoms with Crippen molar-refractivity contribution in [2.75, 3.05) is 6.61 Å². The second-order valence-electron chi connectivity index (χ2n) is 2.95. The van der Waals surface area contributed by atoms with Gasteiger partial charge in [-0.15, -0.1) is 6.42 Å². The highest BCUT2D eigenvalue weighted by molar-refractivity contribution is 5.71. The van der Waals surface area contributed by atoms with Gasteiger partial charge in [0.1, 0.15) is 6.61 Å². The Balaban J connectivity index is 2.58. The standard InChI is InChI=1S/C11H8O3/c1-2-7-5-8-3-4-9(12)10(13)11(8)14-6-7/h1,3-5,12-13H,6H2. The van der Waals surface area contributed by atoms with Gasteiger partial charge in [0.05, 0.1) is 0 Å². The van der Waals surface area contributed by atoms with Crippen LogP contribution in [-0.2, 0) is 0 Å². The average molecular weight is 188 g/mol. The largest absolute Gasteiger partial charge is 0.504 e. The SMILES string of the molecule is C#CC1=Cc2ccc(O)c(O)c2OC1. The summed E-state index contributed by atoms with van der Waals surface area (Å²) in [7, 11) is 0. The molecule has 0 fully saturated rings. The van der Waals surface area contributed by atoms with Gasteiger partial charge in [0.25, 0.3) is 0 Å². The number of hydrogen-bond donors (Lipinski definition) is 2. The highest BCUT2D eigenvalue weighted by atomic mass is 16.5. The fourth-order valence-corrected chi connectivity index (χ4v) is 1.30. The Morgan fingerprint density at radius 1 is 1.36 bits per heavy atom. The summed E-state index contributed by atoms with van der Waals surface area (Å²) in [5, 5.41) is 18.7. The minimum absolute atomic E-state index is 0.193. The molecule has 0 aliphatic carbocycles. The van der Waals surface area contributed by atoms with Crippen molar-refractivity contribution in [1.29, 1.82) is 0 Å². The molecule has 2 N–H and O–H groups in total. The number of fused-ring (bicyclic) bond motifs is 1. The lowest BCUT2D eigenvalue weighted by Gasteiger charge is -2.16. The molecule has 1 aliphatic rings. The van der Waals surface area contributed by atoms with Crippen LogP contribution < -0.4 is 4.74 Å². The second kappa shape index (κ2) is 3.00. The Kier molecular flexibility index (Phi) is 1.83. The molecular weight excluding hydrogens is 180 g/mol. The van der Waals surface area contributed by atoms with Gasteiger partial charge >= 0.3 is 0 Å². The first-order valence-electron chi connectivity index (χ1n) is 4.07. The van der Waals surface area contributed by atoms with Crippen LogP contribution in [-0.4, -0.2) is 16.8 Å². The van der Waals surface area contributed by atoms with Crippen LogP contribution >= 0.6 is 0 Å². The van der Waals surface area contributed by atoms with Crippen LogP contribution in [0.25, 0.3) is 6.08 Å². The minimum Gasteiger partial charge on any atom is -0.504 e. The van der Waals surface area contributed by atoms with Crippen molar-refractivity contribution in [3.8, 4) is 29.6 Å². The van der Waals surface area contributed by atoms with Gasteiger partial charge in [-0.25, -0.2) is 0 Å². The van der Waals surface area contributed by atoms with Gasteiger partial charge in [-0.1, -0.05) is 5.92 Å². The molecule has 0 bridgehead atoms. The monoisotopic (exact) mass is 188 g/mol. The van der Waals surface area contributed by atoms with Crippen molar-refractivity contribution in [2.24, 2.45) is 0 Å². The maximum absolute atomic E-state index is 9.45. The number of aromatic hydroxyl groups is 2. The number of hydrogen-bond acceptors (Lipinski definition) is 3. The van der Waals surface area contributed by atoms with E-state index in [1.54, 1.807) is 12.1 Å². The van der Waals surface area contributed by atoms with Crippen molar-refractivity contribution < 1.29 is 14.9 Å². The van der Waals surface area contributed by atoms with Gasteiger partial charge in [0.15, 0.2) is 11.5 Å². The van der Waals surface area contributed by atoms with Crippen molar-refractivity contribution >= 4 is 6.08 Å². The topological polar surface area (TPSA) is 49.7 Å². The molecule has 0 spiro atoms. The third-order valence-electron chi connectivity index (χ3n) is 2.03. The predicted molar refractivity (Wildman–Crippen MR) is 52.1 cm³/mol. The molecule has 14 heavy (non-hydrogen) atoms. The molecule has 1 aliphatic heterocycles. The zero-order valence-electron chi connectivity index (χ0n) is 7.32. The van der Waals surface area contributed by atoms with Gasteiger partial charge < -0.3 is 14.9 Å². The average Bonchev–Trinajstić information content (AvgIpc) is 2.23. The maximum Gasteiger partial charge on any atom is 0.201 e. The number of phenolic OH excluding ortho intramolecular Hbond substituents is 2. The van der Waals surface area contributed by atoms with E-state index in [1.807, 2.05) is 0 Å². The number of ether oxygens (including phenoxy) is 1. The Bertz CT molecular complexity index is 452. The van der Waals surface area contributed by atoms with E-state index in [9.17, 15) is 10.2 Å². The molecule has 1 aromatic rings. The molecule has 2 rings (SSSR count). The molecule has 0 unspecified atom stereocenters. The first-order chi connectivity index (χ1) is 6.72. The minimum atomic E-state index is -0.241. The van der Waals surface area contributed by atoms with E-state index < -0.39 is 0 Å². The van der Waals surface area contributed by atoms with Gasteiger partial charge in [0.2, 0.25) is 5.75 Å². The molecule has 1 aromatic carbocycles. The lowest BCUT2D eigenvalue weighted by molar-refractivity contribution is 0.316. The van der Waals surface area contributed by atoms with Crippen molar-refractivity contribution in [1.82, 2.24) is 0 Å². The summed E-state index contributed by atoms with van der Waals surface area (Å²) in [6.07, 6.45) is 6.97. The summed E-state index contributed by atoms with van der Waals surface area (Å²) in [6.45, 7) is 0.251. The van der Waals surface area contributed by atoms with E-state index in [0.29, 0.717) is 11.1 Å². The maximum atomic E-state index is 9.45. The van der Waals surface area contributed by atoms with E-state index in [0.717, 1.165) is 0 Å². The number of rotatable bonds is 0. The van der Waals surface area contributed by atoms with Gasteiger partial charge in [-0.2, -0.15) is 0 Å². The van der Waals surface area contributed by atoms with E-state index in [-0.39, 0.29) is 23.9 Å². The van der Waals surface area contributed by atoms with Gasteiger partial charge in [-0.05, 0) is 18.2 Å². The summed E-state index contributed by atoms with van der Waals surface area (Å²) in [5.41, 5.74) is 1.39. The van der Waals surface area contributed by atoms with Crippen molar-refractivity contribution in [3.05, 3.63) is 23.3 Å². The third-order valence-corrected chi connectivity index (χ3v) is 2.03. The Morgan fingerprint density at radius 2 is 2.14 bits per heavy atom. The Labute approximate surface area is 81.3 Å². The lowest BCUT2D eigenvalue weighted by atomic mass is 10.1. The van der Waals surface area contributed by atoms with Crippen molar-refractivity contribution in [2.45, 2.75) is 0 Å². The summed E-state index contributed by atoms with van der Waals surface area (Å²) in [5.74, 6) is 2.32.